The molecule has 9 N–H and O–H groups in total. The number of aliphatic hydroxyl groups is 7. The molecule has 58 heavy (non-hydrogen) atoms. The number of hydrogen-bond acceptors (Lipinski definition) is 11. The molecule has 0 heterocycles. The molecule has 1 aliphatic carbocycles. The van der Waals surface area contributed by atoms with E-state index in [0.717, 1.165) is 64.2 Å². The number of carbonyl (C=O) groups is 1. The van der Waals surface area contributed by atoms with Gasteiger partial charge < -0.3 is 46.0 Å². The average Bonchev–Trinajstić information content (AvgIpc) is 3.19. The molecule has 0 aromatic carbocycles. The van der Waals surface area contributed by atoms with Crippen LogP contribution in [-0.4, -0.2) is 108 Å². The Hall–Kier alpha value is -1.48. The van der Waals surface area contributed by atoms with Crippen LogP contribution in [0.3, 0.4) is 0 Å². The van der Waals surface area contributed by atoms with E-state index in [1.165, 1.54) is 83.1 Å². The zero-order valence-electron chi connectivity index (χ0n) is 35.7. The maximum atomic E-state index is 13.0. The number of phosphoric ester groups is 1. The summed E-state index contributed by atoms with van der Waals surface area (Å²) in [6.07, 6.45) is 23.8. The lowest BCUT2D eigenvalue weighted by molar-refractivity contribution is -0.220. The number of allylic oxidation sites excluding steroid dienone is 5. The van der Waals surface area contributed by atoms with Crippen molar-refractivity contribution in [2.75, 3.05) is 6.61 Å². The predicted molar refractivity (Wildman–Crippen MR) is 229 cm³/mol. The lowest BCUT2D eigenvalue weighted by Crippen LogP contribution is -2.64. The van der Waals surface area contributed by atoms with Gasteiger partial charge in [0.2, 0.25) is 5.91 Å². The largest absolute Gasteiger partial charge is 0.472 e. The number of rotatable bonds is 36. The molecule has 0 aromatic heterocycles. The number of carbonyl (C=O) groups excluding carboxylic acids is 1. The number of unbranched alkanes of at least 4 members (excludes halogenated alkanes) is 19. The van der Waals surface area contributed by atoms with Crippen LogP contribution in [0.1, 0.15) is 174 Å². The molecule has 13 nitrogen and oxygen atoms in total. The summed E-state index contributed by atoms with van der Waals surface area (Å²) < 4.78 is 22.8. The first-order valence-electron chi connectivity index (χ1n) is 22.5. The van der Waals surface area contributed by atoms with Crippen LogP contribution in [0.25, 0.3) is 0 Å². The molecule has 0 spiro atoms. The lowest BCUT2D eigenvalue weighted by atomic mass is 9.85. The summed E-state index contributed by atoms with van der Waals surface area (Å²) in [6.45, 7) is 3.69. The quantitative estimate of drug-likeness (QED) is 0.0177. The molecule has 340 valence electrons. The first-order valence-corrected chi connectivity index (χ1v) is 24.0. The van der Waals surface area contributed by atoms with Gasteiger partial charge in [0.25, 0.3) is 0 Å². The molecule has 1 aliphatic rings. The normalized spacial score (nSPS) is 24.1. The van der Waals surface area contributed by atoms with Gasteiger partial charge >= 0.3 is 7.82 Å². The van der Waals surface area contributed by atoms with Crippen molar-refractivity contribution in [3.05, 3.63) is 36.5 Å². The number of amides is 1. The molecule has 1 saturated carbocycles. The van der Waals surface area contributed by atoms with Crippen molar-refractivity contribution in [2.24, 2.45) is 0 Å². The Balaban J connectivity index is 2.60. The fourth-order valence-electron chi connectivity index (χ4n) is 6.96. The first kappa shape index (κ1) is 54.5. The highest BCUT2D eigenvalue weighted by molar-refractivity contribution is 7.47. The van der Waals surface area contributed by atoms with Crippen LogP contribution in [0.4, 0.5) is 0 Å². The highest BCUT2D eigenvalue weighted by Crippen LogP contribution is 2.47. The van der Waals surface area contributed by atoms with Gasteiger partial charge in [-0.2, -0.15) is 0 Å². The van der Waals surface area contributed by atoms with E-state index in [9.17, 15) is 50.0 Å². The van der Waals surface area contributed by atoms with Gasteiger partial charge in [-0.3, -0.25) is 13.8 Å². The molecule has 8 atom stereocenters. The van der Waals surface area contributed by atoms with Crippen LogP contribution >= 0.6 is 7.82 Å². The van der Waals surface area contributed by atoms with Crippen LogP contribution in [0.5, 0.6) is 0 Å². The summed E-state index contributed by atoms with van der Waals surface area (Å²) in [4.78, 5) is 23.4. The summed E-state index contributed by atoms with van der Waals surface area (Å²) in [5.74, 6) is -0.610. The minimum Gasteiger partial charge on any atom is -0.393 e. The SMILES string of the molecule is CCCCCCCC/C=C\CCCCCCCC(O)CC(=O)NC(COP(=O)(O)OC1C(O)C(O)C(O)C(O)C1O)C(O)/C=C/CC/C=C/CCCCCCCCC. The maximum Gasteiger partial charge on any atom is 0.472 e. The van der Waals surface area contributed by atoms with Crippen molar-refractivity contribution in [1.29, 1.82) is 0 Å². The smallest absolute Gasteiger partial charge is 0.393 e. The molecular formula is C44H82NO12P. The van der Waals surface area contributed by atoms with E-state index in [2.05, 4.69) is 43.5 Å². The second-order valence-corrected chi connectivity index (χ2v) is 17.5. The molecule has 1 amide bonds. The highest BCUT2D eigenvalue weighted by atomic mass is 31.2. The third-order valence-electron chi connectivity index (χ3n) is 10.7. The van der Waals surface area contributed by atoms with Gasteiger partial charge in [-0.15, -0.1) is 0 Å². The average molecular weight is 848 g/mol. The van der Waals surface area contributed by atoms with Crippen LogP contribution in [0.2, 0.25) is 0 Å². The van der Waals surface area contributed by atoms with Gasteiger partial charge in [0.05, 0.1) is 31.3 Å². The maximum absolute atomic E-state index is 13.0. The molecule has 0 saturated heterocycles. The van der Waals surface area contributed by atoms with Gasteiger partial charge in [0, 0.05) is 0 Å². The molecular weight excluding hydrogens is 765 g/mol. The van der Waals surface area contributed by atoms with Gasteiger partial charge in [-0.25, -0.2) is 4.57 Å². The van der Waals surface area contributed by atoms with Gasteiger partial charge in [-0.05, 0) is 57.8 Å². The summed E-state index contributed by atoms with van der Waals surface area (Å²) in [7, 11) is -5.15. The van der Waals surface area contributed by atoms with Gasteiger partial charge in [0.1, 0.15) is 36.6 Å². The van der Waals surface area contributed by atoms with Crippen molar-refractivity contribution >= 4 is 13.7 Å². The molecule has 0 aromatic rings. The van der Waals surface area contributed by atoms with Gasteiger partial charge in [0.15, 0.2) is 0 Å². The van der Waals surface area contributed by atoms with Crippen molar-refractivity contribution in [3.8, 4) is 0 Å². The molecule has 8 unspecified atom stereocenters. The van der Waals surface area contributed by atoms with E-state index in [-0.39, 0.29) is 6.42 Å². The Morgan fingerprint density at radius 3 is 1.52 bits per heavy atom. The predicted octanol–water partition coefficient (Wildman–Crippen LogP) is 6.97. The van der Waals surface area contributed by atoms with E-state index in [1.54, 1.807) is 6.08 Å². The van der Waals surface area contributed by atoms with Crippen LogP contribution in [0.15, 0.2) is 36.5 Å². The Kier molecular flexibility index (Phi) is 32.1. The van der Waals surface area contributed by atoms with E-state index in [1.807, 2.05) is 0 Å². The van der Waals surface area contributed by atoms with Crippen molar-refractivity contribution in [2.45, 2.75) is 229 Å². The Morgan fingerprint density at radius 2 is 1.02 bits per heavy atom. The Morgan fingerprint density at radius 1 is 0.603 bits per heavy atom. The molecule has 0 bridgehead atoms. The summed E-state index contributed by atoms with van der Waals surface area (Å²) >= 11 is 0. The third-order valence-corrected chi connectivity index (χ3v) is 11.7. The molecule has 0 radical (unpaired) electrons. The summed E-state index contributed by atoms with van der Waals surface area (Å²) in [6, 6.07) is -1.26. The standard InChI is InChI=1S/C44H82NO12P/c1-3-5-7-9-11-13-15-17-18-20-21-23-25-27-29-31-35(46)33-38(48)45-36(37(47)32-30-28-26-24-22-19-16-14-12-10-8-6-4-2)34-56-58(54,55)57-44-42(52)40(50)39(49)41(51)43(44)53/h17-18,22,24,30,32,35-37,39-44,46-47,49-53H,3-16,19-21,23,25-29,31,33-34H2,1-2H3,(H,45,48)(H,54,55)/b18-17-,24-22+,32-30+. The Labute approximate surface area is 349 Å². The van der Waals surface area contributed by atoms with Gasteiger partial charge in [-0.1, -0.05) is 147 Å². The highest BCUT2D eigenvalue weighted by Gasteiger charge is 2.51. The monoisotopic (exact) mass is 848 g/mol. The van der Waals surface area contributed by atoms with E-state index < -0.39 is 75.2 Å². The molecule has 1 rings (SSSR count). The minimum atomic E-state index is -5.15. The summed E-state index contributed by atoms with van der Waals surface area (Å²) in [5.41, 5.74) is 0. The fourth-order valence-corrected chi connectivity index (χ4v) is 7.92. The second kappa shape index (κ2) is 34.1. The van der Waals surface area contributed by atoms with Crippen molar-refractivity contribution in [3.63, 3.8) is 0 Å². The summed E-state index contributed by atoms with van der Waals surface area (Å²) in [5, 5.41) is 74.3. The molecule has 1 fully saturated rings. The van der Waals surface area contributed by atoms with Crippen molar-refractivity contribution < 1.29 is 59.0 Å². The van der Waals surface area contributed by atoms with Crippen molar-refractivity contribution in [1.82, 2.24) is 5.32 Å². The molecule has 0 aliphatic heterocycles. The van der Waals surface area contributed by atoms with Crippen LogP contribution in [0, 0.1) is 0 Å². The first-order chi connectivity index (χ1) is 27.8. The molecule has 14 heteroatoms. The number of phosphoric acid groups is 1. The van der Waals surface area contributed by atoms with E-state index in [0.29, 0.717) is 12.8 Å². The van der Waals surface area contributed by atoms with Crippen LogP contribution < -0.4 is 5.32 Å². The number of nitrogens with one attached hydrogen (secondary N) is 1. The second-order valence-electron chi connectivity index (χ2n) is 16.1. The number of aliphatic hydroxyl groups excluding tert-OH is 7. The minimum absolute atomic E-state index is 0.258. The fraction of sp³-hybridized carbons (Fsp3) is 0.841. The zero-order valence-corrected chi connectivity index (χ0v) is 36.6. The van der Waals surface area contributed by atoms with Crippen LogP contribution in [-0.2, 0) is 18.4 Å². The van der Waals surface area contributed by atoms with E-state index >= 15 is 0 Å². The topological polar surface area (TPSA) is 226 Å². The third kappa shape index (κ3) is 26.0. The zero-order chi connectivity index (χ0) is 43.0. The number of hydrogen-bond donors (Lipinski definition) is 9. The Bertz CT molecular complexity index is 1140. The van der Waals surface area contributed by atoms with E-state index in [4.69, 9.17) is 9.05 Å². The lowest BCUT2D eigenvalue weighted by Gasteiger charge is -2.41.